The molecule has 0 fully saturated rings. The van der Waals surface area contributed by atoms with Crippen molar-refractivity contribution >= 4 is 27.7 Å². The second-order valence-electron chi connectivity index (χ2n) is 9.82. The second kappa shape index (κ2) is 12.4. The van der Waals surface area contributed by atoms with E-state index in [0.717, 1.165) is 17.7 Å². The van der Waals surface area contributed by atoms with Crippen molar-refractivity contribution in [3.8, 4) is 11.1 Å². The van der Waals surface area contributed by atoms with Crippen LogP contribution in [0.25, 0.3) is 11.1 Å². The highest BCUT2D eigenvalue weighted by Gasteiger charge is 2.29. The summed E-state index contributed by atoms with van der Waals surface area (Å²) in [5.74, 6) is -0.464. The molecule has 0 spiro atoms. The summed E-state index contributed by atoms with van der Waals surface area (Å²) < 4.78 is 48.0. The molecule has 0 radical (unpaired) electrons. The van der Waals surface area contributed by atoms with E-state index in [4.69, 9.17) is 4.52 Å². The molecule has 210 valence electrons. The van der Waals surface area contributed by atoms with E-state index in [1.165, 1.54) is 11.0 Å². The molecule has 3 aromatic rings. The number of carbonyl (C=O) groups excluding carboxylic acids is 2. The third kappa shape index (κ3) is 7.03. The smallest absolute Gasteiger partial charge is 0.263 e. The van der Waals surface area contributed by atoms with Gasteiger partial charge in [-0.3, -0.25) is 14.3 Å². The van der Waals surface area contributed by atoms with Gasteiger partial charge in [-0.05, 0) is 55.5 Å². The first-order chi connectivity index (χ1) is 18.4. The minimum Gasteiger partial charge on any atom is -0.359 e. The summed E-state index contributed by atoms with van der Waals surface area (Å²) in [5.41, 5.74) is 1.95. The van der Waals surface area contributed by atoms with Gasteiger partial charge in [-0.2, -0.15) is 0 Å². The summed E-state index contributed by atoms with van der Waals surface area (Å²) in [7, 11) is -2.47. The molecule has 0 saturated carbocycles. The molecule has 0 unspecified atom stereocenters. The number of amides is 2. The number of rotatable bonds is 11. The third-order valence-corrected chi connectivity index (χ3v) is 7.92. The van der Waals surface area contributed by atoms with Crippen LogP contribution in [0, 0.1) is 25.6 Å². The van der Waals surface area contributed by atoms with Crippen molar-refractivity contribution in [2.45, 2.75) is 64.9 Å². The van der Waals surface area contributed by atoms with Crippen LogP contribution in [0.1, 0.15) is 50.5 Å². The van der Waals surface area contributed by atoms with Gasteiger partial charge in [-0.15, -0.1) is 0 Å². The van der Waals surface area contributed by atoms with Crippen LogP contribution in [0.3, 0.4) is 0 Å². The number of halogens is 1. The van der Waals surface area contributed by atoms with Crippen LogP contribution >= 0.6 is 0 Å². The molecule has 0 saturated heterocycles. The van der Waals surface area contributed by atoms with Crippen molar-refractivity contribution in [2.24, 2.45) is 5.92 Å². The lowest BCUT2D eigenvalue weighted by Crippen LogP contribution is -2.50. The number of hydrogen-bond acceptors (Lipinski definition) is 6. The number of nitrogens with one attached hydrogen (secondary N) is 2. The second-order valence-corrected chi connectivity index (χ2v) is 11.5. The maximum Gasteiger partial charge on any atom is 0.263 e. The molecule has 0 aliphatic rings. The molecule has 39 heavy (non-hydrogen) atoms. The molecular formula is C28H35FN4O5S. The molecular weight excluding hydrogens is 523 g/mol. The zero-order valence-corrected chi connectivity index (χ0v) is 23.9. The lowest BCUT2D eigenvalue weighted by atomic mass is 10.0. The van der Waals surface area contributed by atoms with Gasteiger partial charge >= 0.3 is 0 Å². The fourth-order valence-corrected chi connectivity index (χ4v) is 5.49. The predicted octanol–water partition coefficient (Wildman–Crippen LogP) is 4.80. The molecule has 1 aromatic heterocycles. The summed E-state index contributed by atoms with van der Waals surface area (Å²) in [6.07, 6.45) is 1.07. The van der Waals surface area contributed by atoms with Gasteiger partial charge in [-0.1, -0.05) is 50.2 Å². The lowest BCUT2D eigenvalue weighted by molar-refractivity contribution is -0.140. The number of nitrogens with zero attached hydrogens (tertiary/aromatic N) is 2. The molecule has 1 heterocycles. The van der Waals surface area contributed by atoms with Crippen molar-refractivity contribution in [3.05, 3.63) is 65.2 Å². The van der Waals surface area contributed by atoms with E-state index in [-0.39, 0.29) is 40.6 Å². The molecule has 11 heteroatoms. The monoisotopic (exact) mass is 558 g/mol. The van der Waals surface area contributed by atoms with E-state index in [1.807, 2.05) is 20.8 Å². The van der Waals surface area contributed by atoms with Crippen molar-refractivity contribution in [2.75, 3.05) is 11.8 Å². The third-order valence-electron chi connectivity index (χ3n) is 6.53. The summed E-state index contributed by atoms with van der Waals surface area (Å²) >= 11 is 0. The van der Waals surface area contributed by atoms with Crippen LogP contribution < -0.4 is 10.0 Å². The molecule has 0 aliphatic carbocycles. The van der Waals surface area contributed by atoms with Gasteiger partial charge in [0, 0.05) is 31.1 Å². The SMILES string of the molecule is CCCC(=O)N(C)[C@H](C(=O)NCc1ccc(-c2cc(F)ccc2S(=O)(=O)Nc2noc(C)c2C)cc1)C(C)C. The zero-order chi connectivity index (χ0) is 28.9. The van der Waals surface area contributed by atoms with Gasteiger partial charge in [-0.25, -0.2) is 12.8 Å². The minimum absolute atomic E-state index is 0.0654. The quantitative estimate of drug-likeness (QED) is 0.349. The Kier molecular flexibility index (Phi) is 9.49. The van der Waals surface area contributed by atoms with E-state index in [2.05, 4.69) is 15.2 Å². The van der Waals surface area contributed by atoms with Gasteiger partial charge in [0.05, 0.1) is 4.90 Å². The van der Waals surface area contributed by atoms with Crippen molar-refractivity contribution in [1.82, 2.24) is 15.4 Å². The van der Waals surface area contributed by atoms with Crippen LogP contribution in [-0.4, -0.2) is 43.4 Å². The number of aryl methyl sites for hydroxylation is 1. The fourth-order valence-electron chi connectivity index (χ4n) is 4.22. The van der Waals surface area contributed by atoms with E-state index in [1.54, 1.807) is 45.2 Å². The highest BCUT2D eigenvalue weighted by atomic mass is 32.2. The molecule has 2 aromatic carbocycles. The maximum atomic E-state index is 14.2. The molecule has 0 aliphatic heterocycles. The molecule has 3 rings (SSSR count). The summed E-state index contributed by atoms with van der Waals surface area (Å²) in [5, 5.41) is 6.63. The first-order valence-corrected chi connectivity index (χ1v) is 14.2. The summed E-state index contributed by atoms with van der Waals surface area (Å²) in [6, 6.07) is 9.62. The van der Waals surface area contributed by atoms with Crippen LogP contribution in [0.15, 0.2) is 51.9 Å². The number of carbonyl (C=O) groups is 2. The van der Waals surface area contributed by atoms with Crippen LogP contribution in [0.5, 0.6) is 0 Å². The predicted molar refractivity (Wildman–Crippen MR) is 147 cm³/mol. The first-order valence-electron chi connectivity index (χ1n) is 12.7. The minimum atomic E-state index is -4.12. The first kappa shape index (κ1) is 29.8. The topological polar surface area (TPSA) is 122 Å². The van der Waals surface area contributed by atoms with Crippen molar-refractivity contribution in [3.63, 3.8) is 0 Å². The number of hydrogen-bond donors (Lipinski definition) is 2. The number of anilines is 1. The maximum absolute atomic E-state index is 14.2. The van der Waals surface area contributed by atoms with Crippen LogP contribution in [-0.2, 0) is 26.2 Å². The summed E-state index contributed by atoms with van der Waals surface area (Å²) in [6.45, 7) is 9.24. The molecule has 1 atom stereocenters. The Bertz CT molecular complexity index is 1430. The number of sulfonamides is 1. The fraction of sp³-hybridized carbons (Fsp3) is 0.393. The Morgan fingerprint density at radius 3 is 2.33 bits per heavy atom. The van der Waals surface area contributed by atoms with E-state index in [0.29, 0.717) is 29.7 Å². The summed E-state index contributed by atoms with van der Waals surface area (Å²) in [4.78, 5) is 26.7. The van der Waals surface area contributed by atoms with Gasteiger partial charge in [0.1, 0.15) is 17.6 Å². The number of aromatic nitrogens is 1. The van der Waals surface area contributed by atoms with Gasteiger partial charge in [0.2, 0.25) is 11.8 Å². The van der Waals surface area contributed by atoms with Crippen molar-refractivity contribution in [1.29, 1.82) is 0 Å². The lowest BCUT2D eigenvalue weighted by Gasteiger charge is -2.30. The standard InChI is InChI=1S/C28H35FN4O5S/c1-7-8-25(34)33(6)26(17(2)3)28(35)30-16-20-9-11-21(12-10-20)23-15-22(29)13-14-24(23)39(36,37)32-27-18(4)19(5)38-31-27/h9-15,17,26H,7-8,16H2,1-6H3,(H,30,35)(H,31,32)/t26-/m0/s1. The Morgan fingerprint density at radius 1 is 1.10 bits per heavy atom. The van der Waals surface area contributed by atoms with Gasteiger partial charge < -0.3 is 14.7 Å². The molecule has 9 nitrogen and oxygen atoms in total. The van der Waals surface area contributed by atoms with Crippen LogP contribution in [0.4, 0.5) is 10.2 Å². The van der Waals surface area contributed by atoms with E-state index < -0.39 is 21.9 Å². The molecule has 2 amide bonds. The Balaban J connectivity index is 1.79. The highest BCUT2D eigenvalue weighted by Crippen LogP contribution is 2.30. The number of likely N-dealkylation sites (N-methyl/N-ethyl adjacent to an activating group) is 1. The van der Waals surface area contributed by atoms with E-state index in [9.17, 15) is 22.4 Å². The van der Waals surface area contributed by atoms with Crippen molar-refractivity contribution < 1.29 is 26.9 Å². The zero-order valence-electron chi connectivity index (χ0n) is 23.0. The van der Waals surface area contributed by atoms with Gasteiger partial charge in [0.15, 0.2) is 5.82 Å². The molecule has 0 bridgehead atoms. The Labute approximate surface area is 228 Å². The van der Waals surface area contributed by atoms with E-state index >= 15 is 0 Å². The molecule has 2 N–H and O–H groups in total. The van der Waals surface area contributed by atoms with Crippen LogP contribution in [0.2, 0.25) is 0 Å². The highest BCUT2D eigenvalue weighted by molar-refractivity contribution is 7.92. The largest absolute Gasteiger partial charge is 0.359 e. The Hall–Kier alpha value is -3.73. The Morgan fingerprint density at radius 2 is 1.77 bits per heavy atom. The van der Waals surface area contributed by atoms with Gasteiger partial charge in [0.25, 0.3) is 10.0 Å². The average molecular weight is 559 g/mol. The average Bonchev–Trinajstić information content (AvgIpc) is 3.19. The normalized spacial score (nSPS) is 12.3. The number of benzene rings is 2.